The molecule has 1 aromatic carbocycles. The molecule has 1 saturated heterocycles. The fraction of sp³-hybridized carbons (Fsp3) is 0.478. The average molecular weight is 428 g/mol. The van der Waals surface area contributed by atoms with Gasteiger partial charge in [0.1, 0.15) is 0 Å². The molecule has 2 heterocycles. The molecule has 30 heavy (non-hydrogen) atoms. The number of carbonyl (C=O) groups is 1. The fourth-order valence-electron chi connectivity index (χ4n) is 3.78. The number of piperidine rings is 1. The van der Waals surface area contributed by atoms with E-state index in [4.69, 9.17) is 0 Å². The number of rotatable bonds is 8. The number of hydrogen-bond acceptors (Lipinski definition) is 4. The smallest absolute Gasteiger partial charge is 0.261 e. The van der Waals surface area contributed by atoms with Crippen molar-refractivity contribution in [3.63, 3.8) is 0 Å². The number of hydrogen-bond donors (Lipinski definition) is 3. The van der Waals surface area contributed by atoms with E-state index in [0.717, 1.165) is 49.7 Å². The number of thiophene rings is 1. The molecule has 3 N–H and O–H groups in total. The lowest BCUT2D eigenvalue weighted by Crippen LogP contribution is -2.51. The molecule has 1 fully saturated rings. The summed E-state index contributed by atoms with van der Waals surface area (Å²) in [5, 5.41) is 11.8. The van der Waals surface area contributed by atoms with E-state index in [1.807, 2.05) is 24.6 Å². The summed E-state index contributed by atoms with van der Waals surface area (Å²) in [6.07, 6.45) is 3.06. The third-order valence-electron chi connectivity index (χ3n) is 5.48. The molecule has 0 saturated carbocycles. The molecule has 7 heteroatoms. The summed E-state index contributed by atoms with van der Waals surface area (Å²) < 4.78 is 0. The van der Waals surface area contributed by atoms with Gasteiger partial charge >= 0.3 is 0 Å². The number of carbonyl (C=O) groups excluding carboxylic acids is 1. The topological polar surface area (TPSA) is 68.8 Å². The standard InChI is InChI=1S/C23H33N5OS/c1-18-16-20(11-14-28(18)17-19-8-4-3-5-9-19)27-23(24-2)26-13-7-12-25-22(29)21-10-6-15-30-21/h3-6,8-10,15,18,20H,7,11-14,16-17H2,1-2H3,(H,25,29)(H2,24,26,27). The predicted octanol–water partition coefficient (Wildman–Crippen LogP) is 3.09. The molecule has 1 aliphatic heterocycles. The lowest BCUT2D eigenvalue weighted by atomic mass is 9.97. The second kappa shape index (κ2) is 11.7. The van der Waals surface area contributed by atoms with E-state index in [0.29, 0.717) is 18.6 Å². The normalized spacial score (nSPS) is 20.0. The molecule has 2 aromatic rings. The number of guanidine groups is 1. The van der Waals surface area contributed by atoms with Gasteiger partial charge < -0.3 is 16.0 Å². The Morgan fingerprint density at radius 2 is 1.97 bits per heavy atom. The molecule has 2 unspecified atom stereocenters. The van der Waals surface area contributed by atoms with Crippen LogP contribution in [0, 0.1) is 0 Å². The van der Waals surface area contributed by atoms with Gasteiger partial charge in [-0.15, -0.1) is 11.3 Å². The highest BCUT2D eigenvalue weighted by molar-refractivity contribution is 7.12. The largest absolute Gasteiger partial charge is 0.356 e. The molecular formula is C23H33N5OS. The summed E-state index contributed by atoms with van der Waals surface area (Å²) in [6, 6.07) is 15.4. The maximum Gasteiger partial charge on any atom is 0.261 e. The van der Waals surface area contributed by atoms with E-state index in [9.17, 15) is 4.79 Å². The van der Waals surface area contributed by atoms with Crippen molar-refractivity contribution in [2.75, 3.05) is 26.7 Å². The van der Waals surface area contributed by atoms with Gasteiger partial charge in [0.2, 0.25) is 0 Å². The molecule has 6 nitrogen and oxygen atoms in total. The lowest BCUT2D eigenvalue weighted by Gasteiger charge is -2.38. The first-order valence-electron chi connectivity index (χ1n) is 10.7. The Balaban J connectivity index is 1.33. The van der Waals surface area contributed by atoms with Crippen molar-refractivity contribution in [2.45, 2.75) is 44.8 Å². The van der Waals surface area contributed by atoms with Gasteiger partial charge in [0, 0.05) is 45.3 Å². The maximum atomic E-state index is 11.9. The zero-order chi connectivity index (χ0) is 21.2. The number of aliphatic imine (C=N–C) groups is 1. The van der Waals surface area contributed by atoms with Crippen LogP contribution in [0.4, 0.5) is 0 Å². The summed E-state index contributed by atoms with van der Waals surface area (Å²) in [5.74, 6) is 0.844. The number of nitrogens with zero attached hydrogens (tertiary/aromatic N) is 2. The van der Waals surface area contributed by atoms with Gasteiger partial charge in [-0.25, -0.2) is 0 Å². The minimum atomic E-state index is 0.00348. The number of likely N-dealkylation sites (tertiary alicyclic amines) is 1. The molecule has 3 rings (SSSR count). The Morgan fingerprint density at radius 3 is 2.67 bits per heavy atom. The van der Waals surface area contributed by atoms with Crippen LogP contribution in [0.15, 0.2) is 52.8 Å². The van der Waals surface area contributed by atoms with E-state index in [1.54, 1.807) is 0 Å². The first-order chi connectivity index (χ1) is 14.7. The molecule has 162 valence electrons. The van der Waals surface area contributed by atoms with Crippen LogP contribution in [0.1, 0.15) is 41.4 Å². The van der Waals surface area contributed by atoms with Crippen molar-refractivity contribution >= 4 is 23.2 Å². The second-order valence-electron chi connectivity index (χ2n) is 7.76. The third-order valence-corrected chi connectivity index (χ3v) is 6.35. The summed E-state index contributed by atoms with van der Waals surface area (Å²) in [6.45, 7) is 5.82. The van der Waals surface area contributed by atoms with E-state index in [1.165, 1.54) is 16.9 Å². The summed E-state index contributed by atoms with van der Waals surface area (Å²) >= 11 is 1.46. The lowest BCUT2D eigenvalue weighted by molar-refractivity contribution is 0.0957. The molecule has 2 atom stereocenters. The van der Waals surface area contributed by atoms with Crippen LogP contribution < -0.4 is 16.0 Å². The summed E-state index contributed by atoms with van der Waals surface area (Å²) in [5.41, 5.74) is 1.37. The van der Waals surface area contributed by atoms with Gasteiger partial charge in [-0.1, -0.05) is 36.4 Å². The Labute approximate surface area is 183 Å². The van der Waals surface area contributed by atoms with E-state index >= 15 is 0 Å². The molecule has 1 amide bonds. The minimum Gasteiger partial charge on any atom is -0.356 e. The maximum absolute atomic E-state index is 11.9. The minimum absolute atomic E-state index is 0.00348. The highest BCUT2D eigenvalue weighted by Crippen LogP contribution is 2.19. The van der Waals surface area contributed by atoms with E-state index in [2.05, 4.69) is 63.1 Å². The fourth-order valence-corrected chi connectivity index (χ4v) is 4.42. The SMILES string of the molecule is CN=C(NCCCNC(=O)c1cccs1)NC1CCN(Cc2ccccc2)C(C)C1. The third kappa shape index (κ3) is 6.85. The highest BCUT2D eigenvalue weighted by atomic mass is 32.1. The Kier molecular flexibility index (Phi) is 8.71. The van der Waals surface area contributed by atoms with Crippen LogP contribution in [-0.4, -0.2) is 55.5 Å². The molecular weight excluding hydrogens is 394 g/mol. The van der Waals surface area contributed by atoms with Gasteiger partial charge in [0.25, 0.3) is 5.91 Å². The molecule has 0 bridgehead atoms. The number of amides is 1. The zero-order valence-corrected chi connectivity index (χ0v) is 18.8. The quantitative estimate of drug-likeness (QED) is 0.344. The first kappa shape index (κ1) is 22.3. The van der Waals surface area contributed by atoms with Crippen LogP contribution >= 0.6 is 11.3 Å². The molecule has 0 aliphatic carbocycles. The van der Waals surface area contributed by atoms with Crippen LogP contribution in [0.5, 0.6) is 0 Å². The van der Waals surface area contributed by atoms with Crippen LogP contribution in [0.2, 0.25) is 0 Å². The van der Waals surface area contributed by atoms with Crippen LogP contribution in [-0.2, 0) is 6.54 Å². The van der Waals surface area contributed by atoms with Gasteiger partial charge in [-0.2, -0.15) is 0 Å². The first-order valence-corrected chi connectivity index (χ1v) is 11.6. The molecule has 1 aromatic heterocycles. The van der Waals surface area contributed by atoms with Crippen molar-refractivity contribution in [3.05, 3.63) is 58.3 Å². The van der Waals surface area contributed by atoms with Crippen molar-refractivity contribution < 1.29 is 4.79 Å². The van der Waals surface area contributed by atoms with Crippen LogP contribution in [0.3, 0.4) is 0 Å². The van der Waals surface area contributed by atoms with Crippen molar-refractivity contribution in [3.8, 4) is 0 Å². The average Bonchev–Trinajstić information content (AvgIpc) is 3.30. The van der Waals surface area contributed by atoms with Gasteiger partial charge in [-0.05, 0) is 43.2 Å². The highest BCUT2D eigenvalue weighted by Gasteiger charge is 2.25. The predicted molar refractivity (Wildman–Crippen MR) is 125 cm³/mol. The Hall–Kier alpha value is -2.38. The molecule has 0 radical (unpaired) electrons. The van der Waals surface area contributed by atoms with E-state index < -0.39 is 0 Å². The monoisotopic (exact) mass is 427 g/mol. The Bertz CT molecular complexity index is 793. The second-order valence-corrected chi connectivity index (χ2v) is 8.70. The molecule has 0 spiro atoms. The van der Waals surface area contributed by atoms with Gasteiger partial charge in [0.15, 0.2) is 5.96 Å². The van der Waals surface area contributed by atoms with Gasteiger partial charge in [-0.3, -0.25) is 14.7 Å². The number of benzene rings is 1. The molecule has 1 aliphatic rings. The van der Waals surface area contributed by atoms with Crippen LogP contribution in [0.25, 0.3) is 0 Å². The van der Waals surface area contributed by atoms with Crippen molar-refractivity contribution in [1.82, 2.24) is 20.9 Å². The Morgan fingerprint density at radius 1 is 1.17 bits per heavy atom. The summed E-state index contributed by atoms with van der Waals surface area (Å²) in [7, 11) is 1.81. The van der Waals surface area contributed by atoms with E-state index in [-0.39, 0.29) is 5.91 Å². The van der Waals surface area contributed by atoms with Crippen molar-refractivity contribution in [2.24, 2.45) is 4.99 Å². The number of nitrogens with one attached hydrogen (secondary N) is 3. The summed E-state index contributed by atoms with van der Waals surface area (Å²) in [4.78, 5) is 19.6. The zero-order valence-electron chi connectivity index (χ0n) is 17.9. The van der Waals surface area contributed by atoms with Crippen molar-refractivity contribution in [1.29, 1.82) is 0 Å². The van der Waals surface area contributed by atoms with Gasteiger partial charge in [0.05, 0.1) is 4.88 Å².